The summed E-state index contributed by atoms with van der Waals surface area (Å²) in [7, 11) is 0. The first-order chi connectivity index (χ1) is 11.9. The van der Waals surface area contributed by atoms with E-state index in [0.29, 0.717) is 19.1 Å². The van der Waals surface area contributed by atoms with E-state index in [0.717, 1.165) is 48.9 Å². The van der Waals surface area contributed by atoms with Gasteiger partial charge in [0.05, 0.1) is 31.1 Å². The molecule has 0 bridgehead atoms. The molecule has 132 valence electrons. The normalized spacial score (nSPS) is 19.6. The summed E-state index contributed by atoms with van der Waals surface area (Å²) in [6.45, 7) is 4.20. The maximum atomic E-state index is 5.48. The molecule has 3 aromatic rings. The van der Waals surface area contributed by atoms with Gasteiger partial charge in [0, 0.05) is 18.8 Å². The van der Waals surface area contributed by atoms with Crippen molar-refractivity contribution in [2.45, 2.75) is 25.5 Å². The summed E-state index contributed by atoms with van der Waals surface area (Å²) in [5.74, 6) is 1.34. The Balaban J connectivity index is 0.00000157. The van der Waals surface area contributed by atoms with Crippen LogP contribution in [0.1, 0.15) is 23.6 Å². The summed E-state index contributed by atoms with van der Waals surface area (Å²) >= 11 is 0. The summed E-state index contributed by atoms with van der Waals surface area (Å²) in [6, 6.07) is 4.21. The first-order valence-corrected chi connectivity index (χ1v) is 8.32. The number of fused-ring (bicyclic) bond motifs is 2. The summed E-state index contributed by atoms with van der Waals surface area (Å²) in [5.41, 5.74) is 4.12. The largest absolute Gasteiger partial charge is 0.373 e. The van der Waals surface area contributed by atoms with Gasteiger partial charge in [-0.05, 0) is 30.5 Å². The molecule has 0 aromatic carbocycles. The van der Waals surface area contributed by atoms with Gasteiger partial charge in [0.2, 0.25) is 0 Å². The zero-order valence-electron chi connectivity index (χ0n) is 14.0. The third kappa shape index (κ3) is 2.86. The second-order valence-corrected chi connectivity index (χ2v) is 6.33. The number of rotatable bonds is 3. The molecule has 1 atom stereocenters. The van der Waals surface area contributed by atoms with Crippen LogP contribution >= 0.6 is 0 Å². The highest BCUT2D eigenvalue weighted by Crippen LogP contribution is 2.28. The first-order valence-electron chi connectivity index (χ1n) is 8.32. The van der Waals surface area contributed by atoms with Gasteiger partial charge in [0.25, 0.3) is 0 Å². The van der Waals surface area contributed by atoms with Crippen LogP contribution in [0.15, 0.2) is 24.7 Å². The molecule has 5 N–H and O–H groups in total. The molecule has 3 aromatic heterocycles. The van der Waals surface area contributed by atoms with Gasteiger partial charge in [-0.2, -0.15) is 10.2 Å². The van der Waals surface area contributed by atoms with E-state index in [9.17, 15) is 0 Å². The van der Waals surface area contributed by atoms with Crippen LogP contribution in [0.3, 0.4) is 0 Å². The van der Waals surface area contributed by atoms with Crippen molar-refractivity contribution in [1.29, 1.82) is 0 Å². The van der Waals surface area contributed by atoms with Gasteiger partial charge in [-0.3, -0.25) is 4.68 Å². The van der Waals surface area contributed by atoms with E-state index in [1.165, 1.54) is 5.56 Å². The Kier molecular flexibility index (Phi) is 4.12. The van der Waals surface area contributed by atoms with Gasteiger partial charge in [0.1, 0.15) is 6.33 Å². The van der Waals surface area contributed by atoms with Crippen molar-refractivity contribution >= 4 is 17.2 Å². The lowest BCUT2D eigenvalue weighted by molar-refractivity contribution is 0.0801. The van der Waals surface area contributed by atoms with Crippen molar-refractivity contribution in [1.82, 2.24) is 35.8 Å². The van der Waals surface area contributed by atoms with Crippen LogP contribution in [0.25, 0.3) is 5.65 Å². The van der Waals surface area contributed by atoms with E-state index in [-0.39, 0.29) is 6.15 Å². The van der Waals surface area contributed by atoms with E-state index in [4.69, 9.17) is 4.74 Å². The second-order valence-electron chi connectivity index (χ2n) is 6.33. The molecule has 0 amide bonds. The molecule has 0 radical (unpaired) electrons. The van der Waals surface area contributed by atoms with Crippen LogP contribution in [0, 0.1) is 0 Å². The number of hydrogen-bond donors (Lipinski definition) is 3. The van der Waals surface area contributed by atoms with Gasteiger partial charge >= 0.3 is 0 Å². The summed E-state index contributed by atoms with van der Waals surface area (Å²) in [6.07, 6.45) is 4.82. The van der Waals surface area contributed by atoms with Crippen molar-refractivity contribution in [3.63, 3.8) is 0 Å². The first kappa shape index (κ1) is 16.0. The van der Waals surface area contributed by atoms with Crippen LogP contribution in [-0.2, 0) is 17.9 Å². The minimum Gasteiger partial charge on any atom is -0.373 e. The molecule has 2 aliphatic heterocycles. The third-order valence-electron chi connectivity index (χ3n) is 4.75. The molecule has 2 aliphatic rings. The molecule has 9 heteroatoms. The Hall–Kier alpha value is -2.49. The minimum atomic E-state index is 0. The van der Waals surface area contributed by atoms with Gasteiger partial charge in [0.15, 0.2) is 11.5 Å². The topological polar surface area (TPSA) is 116 Å². The molecule has 0 aliphatic carbocycles. The van der Waals surface area contributed by atoms with Crippen LogP contribution in [0.5, 0.6) is 0 Å². The highest BCUT2D eigenvalue weighted by atomic mass is 16.5. The average molecular weight is 342 g/mol. The summed E-state index contributed by atoms with van der Waals surface area (Å²) < 4.78 is 9.32. The number of hydrogen-bond acceptors (Lipinski definition) is 7. The Morgan fingerprint density at radius 1 is 1.32 bits per heavy atom. The van der Waals surface area contributed by atoms with Crippen molar-refractivity contribution < 1.29 is 4.74 Å². The van der Waals surface area contributed by atoms with Crippen molar-refractivity contribution in [2.75, 3.05) is 25.0 Å². The highest BCUT2D eigenvalue weighted by molar-refractivity contribution is 5.73. The van der Waals surface area contributed by atoms with Crippen molar-refractivity contribution in [3.05, 3.63) is 35.9 Å². The number of nitrogens with zero attached hydrogens (tertiary/aromatic N) is 5. The zero-order chi connectivity index (χ0) is 15.9. The van der Waals surface area contributed by atoms with Gasteiger partial charge in [-0.1, -0.05) is 0 Å². The molecule has 1 fully saturated rings. The molecule has 9 nitrogen and oxygen atoms in total. The molecule has 0 saturated carbocycles. The Morgan fingerprint density at radius 2 is 2.28 bits per heavy atom. The molecular formula is C16H22N8O. The lowest BCUT2D eigenvalue weighted by Crippen LogP contribution is -2.16. The predicted molar refractivity (Wildman–Crippen MR) is 93.4 cm³/mol. The number of nitrogens with one attached hydrogen (secondary N) is 2. The zero-order valence-corrected chi connectivity index (χ0v) is 14.0. The summed E-state index contributed by atoms with van der Waals surface area (Å²) in [4.78, 5) is 4.38. The van der Waals surface area contributed by atoms with Crippen LogP contribution in [0.4, 0.5) is 11.5 Å². The van der Waals surface area contributed by atoms with Crippen molar-refractivity contribution in [2.24, 2.45) is 0 Å². The van der Waals surface area contributed by atoms with E-state index < -0.39 is 0 Å². The van der Waals surface area contributed by atoms with E-state index in [1.54, 1.807) is 6.33 Å². The highest BCUT2D eigenvalue weighted by Gasteiger charge is 2.20. The number of ether oxygens (including phenoxy) is 1. The number of anilines is 2. The fourth-order valence-electron chi connectivity index (χ4n) is 3.49. The molecule has 1 saturated heterocycles. The maximum Gasteiger partial charge on any atom is 0.178 e. The maximum absolute atomic E-state index is 5.48. The smallest absolute Gasteiger partial charge is 0.178 e. The summed E-state index contributed by atoms with van der Waals surface area (Å²) in [5, 5.41) is 15.8. The van der Waals surface area contributed by atoms with Crippen molar-refractivity contribution in [3.8, 4) is 0 Å². The quantitative estimate of drug-likeness (QED) is 0.659. The molecule has 0 spiro atoms. The fourth-order valence-corrected chi connectivity index (χ4v) is 3.49. The van der Waals surface area contributed by atoms with E-state index in [2.05, 4.69) is 38.1 Å². The molecule has 1 unspecified atom stereocenters. The Bertz CT molecular complexity index is 856. The third-order valence-corrected chi connectivity index (χ3v) is 4.75. The number of aromatic nitrogens is 5. The Labute approximate surface area is 145 Å². The molecular weight excluding hydrogens is 320 g/mol. The van der Waals surface area contributed by atoms with Crippen LogP contribution in [0.2, 0.25) is 0 Å². The molecule has 25 heavy (non-hydrogen) atoms. The van der Waals surface area contributed by atoms with Gasteiger partial charge < -0.3 is 21.5 Å². The fraction of sp³-hybridized carbons (Fsp3) is 0.438. The predicted octanol–water partition coefficient (Wildman–Crippen LogP) is 1.44. The van der Waals surface area contributed by atoms with Gasteiger partial charge in [-0.15, -0.1) is 0 Å². The monoisotopic (exact) mass is 342 g/mol. The lowest BCUT2D eigenvalue weighted by Gasteiger charge is -2.13. The molecule has 5 rings (SSSR count). The lowest BCUT2D eigenvalue weighted by atomic mass is 10.00. The molecule has 5 heterocycles. The Morgan fingerprint density at radius 3 is 3.12 bits per heavy atom. The van der Waals surface area contributed by atoms with Crippen LogP contribution < -0.4 is 16.8 Å². The minimum absolute atomic E-state index is 0. The average Bonchev–Trinajstić information content (AvgIpc) is 3.34. The van der Waals surface area contributed by atoms with Crippen LogP contribution in [-0.4, -0.2) is 44.1 Å². The van der Waals surface area contributed by atoms with Gasteiger partial charge in [-0.25, -0.2) is 9.50 Å². The number of pyridine rings is 1. The van der Waals surface area contributed by atoms with E-state index in [1.807, 2.05) is 15.3 Å². The SMILES string of the molecule is N.c1nc2c(Nc3cc4n(n3)CCOC4)cc(C3CCNC3)cn2n1. The standard InChI is InChI=1S/C16H19N7O.H3N/c1-2-17-7-11(1)12-5-14(16-18-10-19-23(16)8-12)20-15-6-13-9-24-4-3-22(13)21-15;/h5-6,8,10-11,17H,1-4,7,9H2,(H,20,21);1H3. The van der Waals surface area contributed by atoms with E-state index >= 15 is 0 Å². The second kappa shape index (κ2) is 6.43.